The van der Waals surface area contributed by atoms with Gasteiger partial charge in [-0.25, -0.2) is 0 Å². The molecule has 0 saturated heterocycles. The molecule has 0 radical (unpaired) electrons. The second-order valence-corrected chi connectivity index (χ2v) is 4.88. The van der Waals surface area contributed by atoms with E-state index in [9.17, 15) is 15.3 Å². The Balaban J connectivity index is 2.89. The molecule has 0 aromatic carbocycles. The normalized spacial score (nSPS) is 41.5. The van der Waals surface area contributed by atoms with Crippen molar-refractivity contribution in [2.45, 2.75) is 57.8 Å². The standard InChI is InChI=1S/C10H20O3/c1-7(11)10(13)6-8(12)4-5-9(10,2)3/h7-8,11-13H,4-6H2,1-3H3/t7-,8+,10+/m1/s1. The van der Waals surface area contributed by atoms with E-state index in [2.05, 4.69) is 0 Å². The van der Waals surface area contributed by atoms with Crippen LogP contribution in [0.4, 0.5) is 0 Å². The van der Waals surface area contributed by atoms with Crippen molar-refractivity contribution in [3.05, 3.63) is 0 Å². The minimum Gasteiger partial charge on any atom is -0.393 e. The summed E-state index contributed by atoms with van der Waals surface area (Å²) >= 11 is 0. The summed E-state index contributed by atoms with van der Waals surface area (Å²) < 4.78 is 0. The van der Waals surface area contributed by atoms with Gasteiger partial charge >= 0.3 is 0 Å². The van der Waals surface area contributed by atoms with E-state index in [1.54, 1.807) is 6.92 Å². The Morgan fingerprint density at radius 2 is 1.92 bits per heavy atom. The highest BCUT2D eigenvalue weighted by molar-refractivity contribution is 5.01. The van der Waals surface area contributed by atoms with Gasteiger partial charge in [-0.15, -0.1) is 0 Å². The molecule has 3 atom stereocenters. The predicted octanol–water partition coefficient (Wildman–Crippen LogP) is 0.669. The van der Waals surface area contributed by atoms with E-state index in [0.29, 0.717) is 6.42 Å². The van der Waals surface area contributed by atoms with E-state index in [1.165, 1.54) is 0 Å². The summed E-state index contributed by atoms with van der Waals surface area (Å²) in [6.07, 6.45) is 0.458. The molecule has 0 unspecified atom stereocenters. The van der Waals surface area contributed by atoms with Gasteiger partial charge < -0.3 is 15.3 Å². The van der Waals surface area contributed by atoms with Crippen molar-refractivity contribution in [2.75, 3.05) is 0 Å². The molecule has 78 valence electrons. The Bertz CT molecular complexity index is 189. The van der Waals surface area contributed by atoms with Crippen molar-refractivity contribution < 1.29 is 15.3 Å². The molecule has 0 amide bonds. The Morgan fingerprint density at radius 1 is 1.38 bits per heavy atom. The lowest BCUT2D eigenvalue weighted by Crippen LogP contribution is -2.57. The molecule has 0 bridgehead atoms. The van der Waals surface area contributed by atoms with Crippen LogP contribution in [0.2, 0.25) is 0 Å². The molecular weight excluding hydrogens is 168 g/mol. The van der Waals surface area contributed by atoms with Crippen LogP contribution in [0.5, 0.6) is 0 Å². The Kier molecular flexibility index (Phi) is 2.72. The van der Waals surface area contributed by atoms with E-state index in [4.69, 9.17) is 0 Å². The average molecular weight is 188 g/mol. The highest BCUT2D eigenvalue weighted by atomic mass is 16.3. The molecule has 0 heterocycles. The summed E-state index contributed by atoms with van der Waals surface area (Å²) in [4.78, 5) is 0. The van der Waals surface area contributed by atoms with Gasteiger partial charge in [0.2, 0.25) is 0 Å². The van der Waals surface area contributed by atoms with Gasteiger partial charge in [-0.2, -0.15) is 0 Å². The van der Waals surface area contributed by atoms with E-state index in [1.807, 2.05) is 13.8 Å². The largest absolute Gasteiger partial charge is 0.393 e. The fourth-order valence-electron chi connectivity index (χ4n) is 2.22. The number of rotatable bonds is 1. The summed E-state index contributed by atoms with van der Waals surface area (Å²) in [7, 11) is 0. The van der Waals surface area contributed by atoms with Gasteiger partial charge in [0.05, 0.1) is 17.8 Å². The molecule has 1 aliphatic rings. The van der Waals surface area contributed by atoms with Crippen LogP contribution in [-0.4, -0.2) is 33.1 Å². The lowest BCUT2D eigenvalue weighted by atomic mass is 9.62. The minimum absolute atomic E-state index is 0.275. The first-order valence-electron chi connectivity index (χ1n) is 4.88. The lowest BCUT2D eigenvalue weighted by Gasteiger charge is -2.49. The molecule has 13 heavy (non-hydrogen) atoms. The highest BCUT2D eigenvalue weighted by Gasteiger charge is 2.50. The van der Waals surface area contributed by atoms with Crippen LogP contribution in [0.15, 0.2) is 0 Å². The van der Waals surface area contributed by atoms with Crippen molar-refractivity contribution in [1.29, 1.82) is 0 Å². The molecule has 0 spiro atoms. The first kappa shape index (κ1) is 11.0. The molecule has 1 aliphatic carbocycles. The average Bonchev–Trinajstić information content (AvgIpc) is 1.98. The molecule has 3 nitrogen and oxygen atoms in total. The Hall–Kier alpha value is -0.120. The quantitative estimate of drug-likeness (QED) is 0.567. The summed E-state index contributed by atoms with van der Waals surface area (Å²) in [5.74, 6) is 0. The fourth-order valence-corrected chi connectivity index (χ4v) is 2.22. The van der Waals surface area contributed by atoms with Crippen molar-refractivity contribution in [1.82, 2.24) is 0 Å². The number of aliphatic hydroxyl groups is 3. The molecular formula is C10H20O3. The Morgan fingerprint density at radius 3 is 2.31 bits per heavy atom. The fraction of sp³-hybridized carbons (Fsp3) is 1.00. The van der Waals surface area contributed by atoms with E-state index in [-0.39, 0.29) is 11.8 Å². The summed E-state index contributed by atoms with van der Waals surface area (Å²) in [5, 5.41) is 29.2. The molecule has 1 saturated carbocycles. The second-order valence-electron chi connectivity index (χ2n) is 4.88. The maximum atomic E-state index is 10.2. The van der Waals surface area contributed by atoms with Crippen LogP contribution < -0.4 is 0 Å². The van der Waals surface area contributed by atoms with Crippen molar-refractivity contribution >= 4 is 0 Å². The van der Waals surface area contributed by atoms with Gasteiger partial charge in [0, 0.05) is 6.42 Å². The maximum Gasteiger partial charge on any atom is 0.0977 e. The van der Waals surface area contributed by atoms with E-state index >= 15 is 0 Å². The van der Waals surface area contributed by atoms with Crippen molar-refractivity contribution in [3.8, 4) is 0 Å². The van der Waals surface area contributed by atoms with Gasteiger partial charge in [0.15, 0.2) is 0 Å². The third kappa shape index (κ3) is 1.73. The van der Waals surface area contributed by atoms with Crippen molar-refractivity contribution in [3.63, 3.8) is 0 Å². The van der Waals surface area contributed by atoms with Crippen LogP contribution in [-0.2, 0) is 0 Å². The zero-order chi connectivity index (χ0) is 10.3. The van der Waals surface area contributed by atoms with Crippen molar-refractivity contribution in [2.24, 2.45) is 5.41 Å². The second kappa shape index (κ2) is 3.23. The van der Waals surface area contributed by atoms with Gasteiger partial charge in [-0.3, -0.25) is 0 Å². The molecule has 0 aliphatic heterocycles. The molecule has 1 fully saturated rings. The first-order chi connectivity index (χ1) is 5.79. The predicted molar refractivity (Wildman–Crippen MR) is 50.3 cm³/mol. The highest BCUT2D eigenvalue weighted by Crippen LogP contribution is 2.45. The third-order valence-electron chi connectivity index (χ3n) is 3.51. The van der Waals surface area contributed by atoms with Crippen LogP contribution in [0.25, 0.3) is 0 Å². The number of hydrogen-bond donors (Lipinski definition) is 3. The summed E-state index contributed by atoms with van der Waals surface area (Å²) in [5.41, 5.74) is -1.47. The minimum atomic E-state index is -1.15. The zero-order valence-electron chi connectivity index (χ0n) is 8.62. The third-order valence-corrected chi connectivity index (χ3v) is 3.51. The van der Waals surface area contributed by atoms with Crippen LogP contribution in [0.1, 0.15) is 40.0 Å². The maximum absolute atomic E-state index is 10.2. The number of aliphatic hydroxyl groups excluding tert-OH is 2. The molecule has 3 heteroatoms. The van der Waals surface area contributed by atoms with Crippen LogP contribution >= 0.6 is 0 Å². The van der Waals surface area contributed by atoms with E-state index in [0.717, 1.165) is 6.42 Å². The van der Waals surface area contributed by atoms with Gasteiger partial charge in [0.25, 0.3) is 0 Å². The lowest BCUT2D eigenvalue weighted by molar-refractivity contribution is -0.183. The summed E-state index contributed by atoms with van der Waals surface area (Å²) in [6, 6.07) is 0. The molecule has 0 aromatic heterocycles. The van der Waals surface area contributed by atoms with Gasteiger partial charge in [0.1, 0.15) is 0 Å². The van der Waals surface area contributed by atoms with Gasteiger partial charge in [-0.1, -0.05) is 13.8 Å². The van der Waals surface area contributed by atoms with E-state index < -0.39 is 17.8 Å². The number of hydrogen-bond acceptors (Lipinski definition) is 3. The zero-order valence-corrected chi connectivity index (χ0v) is 8.62. The molecule has 3 N–H and O–H groups in total. The van der Waals surface area contributed by atoms with Crippen LogP contribution in [0, 0.1) is 5.41 Å². The monoisotopic (exact) mass is 188 g/mol. The Labute approximate surface area is 79.4 Å². The molecule has 1 rings (SSSR count). The smallest absolute Gasteiger partial charge is 0.0977 e. The SMILES string of the molecule is C[C@@H](O)[C@@]1(O)C[C@@H](O)CCC1(C)C. The van der Waals surface area contributed by atoms with Gasteiger partial charge in [-0.05, 0) is 25.2 Å². The topological polar surface area (TPSA) is 60.7 Å². The van der Waals surface area contributed by atoms with Crippen LogP contribution in [0.3, 0.4) is 0 Å². The first-order valence-corrected chi connectivity index (χ1v) is 4.88. The summed E-state index contributed by atoms with van der Waals surface area (Å²) in [6.45, 7) is 5.46. The molecule has 0 aromatic rings.